The molecule has 1 fully saturated rings. The molecule has 0 heterocycles. The van der Waals surface area contributed by atoms with Crippen molar-refractivity contribution in [2.75, 3.05) is 24.5 Å². The van der Waals surface area contributed by atoms with E-state index in [-0.39, 0.29) is 23.4 Å². The number of anilines is 1. The number of para-hydroxylation sites is 2. The fourth-order valence-corrected chi connectivity index (χ4v) is 5.43. The first kappa shape index (κ1) is 23.4. The number of nitrogens with zero attached hydrogens (tertiary/aromatic N) is 2. The SMILES string of the molecule is CCOc1ccccc1N(CC(=O)N(C)C1CCCCC1)S(=O)(=O)c1ccc(Cl)cc1. The van der Waals surface area contributed by atoms with Gasteiger partial charge in [0, 0.05) is 18.1 Å². The number of hydrogen-bond acceptors (Lipinski definition) is 4. The van der Waals surface area contributed by atoms with E-state index in [2.05, 4.69) is 0 Å². The number of benzene rings is 2. The minimum atomic E-state index is -4.02. The van der Waals surface area contributed by atoms with Gasteiger partial charge in [0.25, 0.3) is 10.0 Å². The Morgan fingerprint density at radius 3 is 2.35 bits per heavy atom. The summed E-state index contributed by atoms with van der Waals surface area (Å²) in [5.74, 6) is 0.173. The van der Waals surface area contributed by atoms with Crippen molar-refractivity contribution in [3.8, 4) is 5.75 Å². The van der Waals surface area contributed by atoms with Crippen molar-refractivity contribution in [3.63, 3.8) is 0 Å². The van der Waals surface area contributed by atoms with Crippen LogP contribution in [0.2, 0.25) is 5.02 Å². The molecule has 2 aromatic rings. The first-order valence-corrected chi connectivity index (χ1v) is 12.4. The molecule has 0 atom stereocenters. The summed E-state index contributed by atoms with van der Waals surface area (Å²) < 4.78 is 34.0. The van der Waals surface area contributed by atoms with Crippen molar-refractivity contribution < 1.29 is 17.9 Å². The first-order valence-electron chi connectivity index (χ1n) is 10.6. The zero-order valence-electron chi connectivity index (χ0n) is 18.0. The molecule has 0 aromatic heterocycles. The fourth-order valence-electron chi connectivity index (χ4n) is 3.88. The lowest BCUT2D eigenvalue weighted by Gasteiger charge is -2.33. The second kappa shape index (κ2) is 10.4. The Morgan fingerprint density at radius 2 is 1.71 bits per heavy atom. The zero-order chi connectivity index (χ0) is 22.4. The number of carbonyl (C=O) groups excluding carboxylic acids is 1. The Labute approximate surface area is 189 Å². The largest absolute Gasteiger partial charge is 0.492 e. The van der Waals surface area contributed by atoms with E-state index in [1.165, 1.54) is 30.7 Å². The third kappa shape index (κ3) is 5.52. The van der Waals surface area contributed by atoms with Gasteiger partial charge in [-0.1, -0.05) is 43.0 Å². The van der Waals surface area contributed by atoms with Crippen LogP contribution in [-0.4, -0.2) is 45.5 Å². The van der Waals surface area contributed by atoms with Crippen LogP contribution in [-0.2, 0) is 14.8 Å². The topological polar surface area (TPSA) is 66.9 Å². The maximum absolute atomic E-state index is 13.6. The van der Waals surface area contributed by atoms with Crippen molar-refractivity contribution in [2.24, 2.45) is 0 Å². The van der Waals surface area contributed by atoms with Crippen molar-refractivity contribution in [1.82, 2.24) is 4.90 Å². The monoisotopic (exact) mass is 464 g/mol. The molecule has 0 saturated heterocycles. The van der Waals surface area contributed by atoms with Crippen molar-refractivity contribution in [2.45, 2.75) is 50.0 Å². The Balaban J connectivity index is 1.98. The van der Waals surface area contributed by atoms with E-state index in [0.29, 0.717) is 23.1 Å². The molecule has 1 saturated carbocycles. The zero-order valence-corrected chi connectivity index (χ0v) is 19.5. The molecule has 0 bridgehead atoms. The fraction of sp³-hybridized carbons (Fsp3) is 0.435. The Morgan fingerprint density at radius 1 is 1.06 bits per heavy atom. The van der Waals surface area contributed by atoms with Gasteiger partial charge in [-0.05, 0) is 56.2 Å². The van der Waals surface area contributed by atoms with Gasteiger partial charge in [0.1, 0.15) is 12.3 Å². The Kier molecular flexibility index (Phi) is 7.84. The predicted molar refractivity (Wildman–Crippen MR) is 123 cm³/mol. The Bertz CT molecular complexity index is 989. The number of sulfonamides is 1. The number of halogens is 1. The minimum absolute atomic E-state index is 0.0660. The molecule has 1 aliphatic carbocycles. The summed E-state index contributed by atoms with van der Waals surface area (Å²) >= 11 is 5.95. The molecule has 0 spiro atoms. The summed E-state index contributed by atoms with van der Waals surface area (Å²) in [6.45, 7) is 1.90. The van der Waals surface area contributed by atoms with Crippen LogP contribution in [0.25, 0.3) is 0 Å². The molecule has 8 heteroatoms. The van der Waals surface area contributed by atoms with Gasteiger partial charge in [-0.3, -0.25) is 9.10 Å². The molecule has 6 nitrogen and oxygen atoms in total. The van der Waals surface area contributed by atoms with Gasteiger partial charge in [0.05, 0.1) is 17.2 Å². The van der Waals surface area contributed by atoms with Gasteiger partial charge < -0.3 is 9.64 Å². The highest BCUT2D eigenvalue weighted by atomic mass is 35.5. The molecule has 0 unspecified atom stereocenters. The summed E-state index contributed by atoms with van der Waals surface area (Å²) in [4.78, 5) is 15.0. The summed E-state index contributed by atoms with van der Waals surface area (Å²) in [5.41, 5.74) is 0.338. The van der Waals surface area contributed by atoms with Gasteiger partial charge in [-0.2, -0.15) is 0 Å². The summed E-state index contributed by atoms with van der Waals surface area (Å²) in [7, 11) is -2.26. The quantitative estimate of drug-likeness (QED) is 0.566. The highest BCUT2D eigenvalue weighted by Gasteiger charge is 2.32. The van der Waals surface area contributed by atoms with E-state index in [1.807, 2.05) is 6.92 Å². The number of ether oxygens (including phenoxy) is 1. The molecular weight excluding hydrogens is 436 g/mol. The van der Waals surface area contributed by atoms with Crippen LogP contribution >= 0.6 is 11.6 Å². The second-order valence-corrected chi connectivity index (χ2v) is 9.96. The average molecular weight is 465 g/mol. The molecule has 0 radical (unpaired) electrons. The number of likely N-dealkylation sites (N-methyl/N-ethyl adjacent to an activating group) is 1. The van der Waals surface area contributed by atoms with Gasteiger partial charge in [-0.25, -0.2) is 8.42 Å². The van der Waals surface area contributed by atoms with Gasteiger partial charge in [0.15, 0.2) is 0 Å². The molecule has 31 heavy (non-hydrogen) atoms. The average Bonchev–Trinajstić information content (AvgIpc) is 2.78. The maximum Gasteiger partial charge on any atom is 0.264 e. The van der Waals surface area contributed by atoms with Crippen LogP contribution in [0.4, 0.5) is 5.69 Å². The van der Waals surface area contributed by atoms with Crippen LogP contribution in [0.3, 0.4) is 0 Å². The van der Waals surface area contributed by atoms with Crippen LogP contribution < -0.4 is 9.04 Å². The molecule has 2 aromatic carbocycles. The lowest BCUT2D eigenvalue weighted by atomic mass is 9.94. The second-order valence-electron chi connectivity index (χ2n) is 7.66. The summed E-state index contributed by atoms with van der Waals surface area (Å²) in [6, 6.07) is 13.0. The molecule has 0 aliphatic heterocycles. The van der Waals surface area contributed by atoms with E-state index in [9.17, 15) is 13.2 Å². The summed E-state index contributed by atoms with van der Waals surface area (Å²) in [6.07, 6.45) is 5.24. The van der Waals surface area contributed by atoms with Crippen molar-refractivity contribution in [3.05, 3.63) is 53.6 Å². The molecule has 1 amide bonds. The number of carbonyl (C=O) groups is 1. The summed E-state index contributed by atoms with van der Waals surface area (Å²) in [5, 5.41) is 0.438. The first-order chi connectivity index (χ1) is 14.8. The minimum Gasteiger partial charge on any atom is -0.492 e. The molecule has 168 valence electrons. The predicted octanol–water partition coefficient (Wildman–Crippen LogP) is 4.73. The lowest BCUT2D eigenvalue weighted by molar-refractivity contribution is -0.130. The highest BCUT2D eigenvalue weighted by Crippen LogP contribution is 2.33. The Hall–Kier alpha value is -2.25. The molecular formula is C23H29ClN2O4S. The van der Waals surface area contributed by atoms with Gasteiger partial charge in [0.2, 0.25) is 5.91 Å². The van der Waals surface area contributed by atoms with Crippen LogP contribution in [0, 0.1) is 0 Å². The van der Waals surface area contributed by atoms with Gasteiger partial charge >= 0.3 is 0 Å². The third-order valence-corrected chi connectivity index (χ3v) is 7.66. The molecule has 0 N–H and O–H groups in total. The van der Waals surface area contributed by atoms with E-state index in [0.717, 1.165) is 30.0 Å². The maximum atomic E-state index is 13.6. The van der Waals surface area contributed by atoms with Crippen molar-refractivity contribution >= 4 is 33.2 Å². The highest BCUT2D eigenvalue weighted by molar-refractivity contribution is 7.92. The number of amides is 1. The van der Waals surface area contributed by atoms with E-state index in [4.69, 9.17) is 16.3 Å². The van der Waals surface area contributed by atoms with Gasteiger partial charge in [-0.15, -0.1) is 0 Å². The standard InChI is InChI=1S/C23H29ClN2O4S/c1-3-30-22-12-8-7-11-21(22)26(31(28,29)20-15-13-18(24)14-16-20)17-23(27)25(2)19-9-5-4-6-10-19/h7-8,11-16,19H,3-6,9-10,17H2,1-2H3. The van der Waals surface area contributed by atoms with Crippen LogP contribution in [0.1, 0.15) is 39.0 Å². The smallest absolute Gasteiger partial charge is 0.264 e. The van der Waals surface area contributed by atoms with E-state index < -0.39 is 10.0 Å². The van der Waals surface area contributed by atoms with Crippen molar-refractivity contribution in [1.29, 1.82) is 0 Å². The molecule has 1 aliphatic rings. The number of hydrogen-bond donors (Lipinski definition) is 0. The normalized spacial score (nSPS) is 14.8. The van der Waals surface area contributed by atoms with Crippen LogP contribution in [0.5, 0.6) is 5.75 Å². The van der Waals surface area contributed by atoms with E-state index in [1.54, 1.807) is 36.2 Å². The van der Waals surface area contributed by atoms with Crippen LogP contribution in [0.15, 0.2) is 53.4 Å². The van der Waals surface area contributed by atoms with E-state index >= 15 is 0 Å². The third-order valence-electron chi connectivity index (χ3n) is 5.63. The lowest BCUT2D eigenvalue weighted by Crippen LogP contribution is -2.46. The molecule has 3 rings (SSSR count). The number of rotatable bonds is 8.